The SMILES string of the molecule is Cc1cc(F)ccc1NC(=O)CCn1cnc2ccccc21. The van der Waals surface area contributed by atoms with Gasteiger partial charge in [0.15, 0.2) is 0 Å². The molecule has 0 aliphatic carbocycles. The number of rotatable bonds is 4. The smallest absolute Gasteiger partial charge is 0.226 e. The molecule has 4 nitrogen and oxygen atoms in total. The van der Waals surface area contributed by atoms with E-state index in [1.165, 1.54) is 12.1 Å². The summed E-state index contributed by atoms with van der Waals surface area (Å²) in [5, 5.41) is 2.81. The Kier molecular flexibility index (Phi) is 3.87. The van der Waals surface area contributed by atoms with E-state index in [0.717, 1.165) is 11.0 Å². The van der Waals surface area contributed by atoms with Crippen LogP contribution >= 0.6 is 0 Å². The normalized spacial score (nSPS) is 10.8. The van der Waals surface area contributed by atoms with E-state index >= 15 is 0 Å². The Balaban J connectivity index is 1.65. The first kappa shape index (κ1) is 14.3. The molecule has 0 aliphatic heterocycles. The summed E-state index contributed by atoms with van der Waals surface area (Å²) in [4.78, 5) is 16.3. The predicted molar refractivity (Wildman–Crippen MR) is 84.1 cm³/mol. The molecule has 0 spiro atoms. The van der Waals surface area contributed by atoms with Crippen molar-refractivity contribution in [1.29, 1.82) is 0 Å². The zero-order chi connectivity index (χ0) is 15.5. The predicted octanol–water partition coefficient (Wildman–Crippen LogP) is 3.51. The first-order valence-corrected chi connectivity index (χ1v) is 7.09. The van der Waals surface area contributed by atoms with Crippen LogP contribution in [0.25, 0.3) is 11.0 Å². The highest BCUT2D eigenvalue weighted by Crippen LogP contribution is 2.16. The third-order valence-corrected chi connectivity index (χ3v) is 3.57. The summed E-state index contributed by atoms with van der Waals surface area (Å²) in [6, 6.07) is 12.1. The van der Waals surface area contributed by atoms with E-state index in [4.69, 9.17) is 0 Å². The van der Waals surface area contributed by atoms with E-state index in [2.05, 4.69) is 10.3 Å². The number of anilines is 1. The number of amides is 1. The quantitative estimate of drug-likeness (QED) is 0.801. The van der Waals surface area contributed by atoms with E-state index in [0.29, 0.717) is 24.2 Å². The number of hydrogen-bond donors (Lipinski definition) is 1. The second kappa shape index (κ2) is 5.97. The van der Waals surface area contributed by atoms with E-state index in [1.54, 1.807) is 19.3 Å². The van der Waals surface area contributed by atoms with Crippen LogP contribution in [0.4, 0.5) is 10.1 Å². The Morgan fingerprint density at radius 1 is 1.27 bits per heavy atom. The Hall–Kier alpha value is -2.69. The van der Waals surface area contributed by atoms with Crippen molar-refractivity contribution >= 4 is 22.6 Å². The van der Waals surface area contributed by atoms with Crippen molar-refractivity contribution in [2.75, 3.05) is 5.32 Å². The van der Waals surface area contributed by atoms with Crippen LogP contribution in [0.3, 0.4) is 0 Å². The van der Waals surface area contributed by atoms with Crippen molar-refractivity contribution in [3.63, 3.8) is 0 Å². The van der Waals surface area contributed by atoms with Crippen LogP contribution in [0.1, 0.15) is 12.0 Å². The summed E-state index contributed by atoms with van der Waals surface area (Å²) in [7, 11) is 0. The molecule has 2 aromatic carbocycles. The first-order valence-electron chi connectivity index (χ1n) is 7.09. The minimum Gasteiger partial charge on any atom is -0.330 e. The van der Waals surface area contributed by atoms with Crippen LogP contribution in [-0.2, 0) is 11.3 Å². The molecule has 3 aromatic rings. The Morgan fingerprint density at radius 2 is 2.09 bits per heavy atom. The van der Waals surface area contributed by atoms with Gasteiger partial charge in [0, 0.05) is 18.7 Å². The van der Waals surface area contributed by atoms with Gasteiger partial charge in [-0.2, -0.15) is 0 Å². The standard InChI is InChI=1S/C17H16FN3O/c1-12-10-13(18)6-7-14(12)20-17(22)8-9-21-11-19-15-4-2-3-5-16(15)21/h2-7,10-11H,8-9H2,1H3,(H,20,22). The fourth-order valence-corrected chi connectivity index (χ4v) is 2.39. The van der Waals surface area contributed by atoms with Crippen LogP contribution in [0.5, 0.6) is 0 Å². The lowest BCUT2D eigenvalue weighted by Crippen LogP contribution is -2.15. The zero-order valence-corrected chi connectivity index (χ0v) is 12.2. The number of fused-ring (bicyclic) bond motifs is 1. The molecule has 22 heavy (non-hydrogen) atoms. The minimum absolute atomic E-state index is 0.104. The Morgan fingerprint density at radius 3 is 2.91 bits per heavy atom. The van der Waals surface area contributed by atoms with Gasteiger partial charge in [0.25, 0.3) is 0 Å². The number of benzene rings is 2. The summed E-state index contributed by atoms with van der Waals surface area (Å²) >= 11 is 0. The topological polar surface area (TPSA) is 46.9 Å². The number of aryl methyl sites for hydroxylation is 2. The molecule has 0 unspecified atom stereocenters. The van der Waals surface area contributed by atoms with Crippen molar-refractivity contribution in [3.05, 3.63) is 60.2 Å². The molecule has 5 heteroatoms. The third kappa shape index (κ3) is 2.98. The number of para-hydroxylation sites is 2. The van der Waals surface area contributed by atoms with Gasteiger partial charge < -0.3 is 9.88 Å². The van der Waals surface area contributed by atoms with Gasteiger partial charge in [-0.05, 0) is 42.8 Å². The van der Waals surface area contributed by atoms with Crippen molar-refractivity contribution in [2.24, 2.45) is 0 Å². The number of halogens is 1. The first-order chi connectivity index (χ1) is 10.6. The molecule has 0 saturated carbocycles. The molecule has 3 rings (SSSR count). The molecule has 0 fully saturated rings. The number of imidazole rings is 1. The highest BCUT2D eigenvalue weighted by atomic mass is 19.1. The molecule has 1 N–H and O–H groups in total. The van der Waals surface area contributed by atoms with Crippen LogP contribution in [0.15, 0.2) is 48.8 Å². The fraction of sp³-hybridized carbons (Fsp3) is 0.176. The van der Waals surface area contributed by atoms with Gasteiger partial charge in [-0.3, -0.25) is 4.79 Å². The van der Waals surface area contributed by atoms with E-state index < -0.39 is 0 Å². The minimum atomic E-state index is -0.305. The fourth-order valence-electron chi connectivity index (χ4n) is 2.39. The molecule has 1 heterocycles. The number of carbonyl (C=O) groups excluding carboxylic acids is 1. The van der Waals surface area contributed by atoms with Gasteiger partial charge in [0.2, 0.25) is 5.91 Å². The molecule has 0 bridgehead atoms. The summed E-state index contributed by atoms with van der Waals surface area (Å²) in [5.74, 6) is -0.409. The maximum atomic E-state index is 13.0. The zero-order valence-electron chi connectivity index (χ0n) is 12.2. The summed E-state index contributed by atoms with van der Waals surface area (Å²) < 4.78 is 15.0. The number of carbonyl (C=O) groups is 1. The lowest BCUT2D eigenvalue weighted by atomic mass is 10.2. The molecular weight excluding hydrogens is 281 g/mol. The number of aromatic nitrogens is 2. The maximum absolute atomic E-state index is 13.0. The summed E-state index contributed by atoms with van der Waals surface area (Å²) in [6.45, 7) is 2.31. The summed E-state index contributed by atoms with van der Waals surface area (Å²) in [6.07, 6.45) is 2.07. The highest BCUT2D eigenvalue weighted by molar-refractivity contribution is 5.91. The van der Waals surface area contributed by atoms with Crippen LogP contribution in [0.2, 0.25) is 0 Å². The number of nitrogens with zero attached hydrogens (tertiary/aromatic N) is 2. The average molecular weight is 297 g/mol. The van der Waals surface area contributed by atoms with Gasteiger partial charge in [-0.1, -0.05) is 12.1 Å². The van der Waals surface area contributed by atoms with Gasteiger partial charge >= 0.3 is 0 Å². The molecule has 112 valence electrons. The monoisotopic (exact) mass is 297 g/mol. The lowest BCUT2D eigenvalue weighted by Gasteiger charge is -2.09. The molecule has 0 saturated heterocycles. The van der Waals surface area contributed by atoms with Crippen LogP contribution in [0, 0.1) is 12.7 Å². The largest absolute Gasteiger partial charge is 0.330 e. The van der Waals surface area contributed by atoms with Crippen molar-refractivity contribution in [1.82, 2.24) is 9.55 Å². The second-order valence-electron chi connectivity index (χ2n) is 5.18. The van der Waals surface area contributed by atoms with Gasteiger partial charge in [-0.25, -0.2) is 9.37 Å². The van der Waals surface area contributed by atoms with Crippen molar-refractivity contribution < 1.29 is 9.18 Å². The van der Waals surface area contributed by atoms with Gasteiger partial charge in [0.1, 0.15) is 5.82 Å². The van der Waals surface area contributed by atoms with Gasteiger partial charge in [-0.15, -0.1) is 0 Å². The Labute approximate surface area is 127 Å². The highest BCUT2D eigenvalue weighted by Gasteiger charge is 2.07. The maximum Gasteiger partial charge on any atom is 0.226 e. The summed E-state index contributed by atoms with van der Waals surface area (Å²) in [5.41, 5.74) is 3.27. The van der Waals surface area contributed by atoms with E-state index in [9.17, 15) is 9.18 Å². The lowest BCUT2D eigenvalue weighted by molar-refractivity contribution is -0.116. The van der Waals surface area contributed by atoms with Crippen LogP contribution in [-0.4, -0.2) is 15.5 Å². The third-order valence-electron chi connectivity index (χ3n) is 3.57. The Bertz CT molecular complexity index is 826. The average Bonchev–Trinajstić information content (AvgIpc) is 2.91. The molecule has 1 aromatic heterocycles. The number of hydrogen-bond acceptors (Lipinski definition) is 2. The number of nitrogens with one attached hydrogen (secondary N) is 1. The molecule has 1 amide bonds. The molecule has 0 atom stereocenters. The van der Waals surface area contributed by atoms with Crippen molar-refractivity contribution in [2.45, 2.75) is 19.9 Å². The van der Waals surface area contributed by atoms with Crippen LogP contribution < -0.4 is 5.32 Å². The molecular formula is C17H16FN3O. The van der Waals surface area contributed by atoms with E-state index in [-0.39, 0.29) is 11.7 Å². The molecule has 0 radical (unpaired) electrons. The van der Waals surface area contributed by atoms with E-state index in [1.807, 2.05) is 28.8 Å². The molecule has 0 aliphatic rings. The van der Waals surface area contributed by atoms with Gasteiger partial charge in [0.05, 0.1) is 17.4 Å². The van der Waals surface area contributed by atoms with Crippen molar-refractivity contribution in [3.8, 4) is 0 Å². The second-order valence-corrected chi connectivity index (χ2v) is 5.18.